The number of benzene rings is 2. The van der Waals surface area contributed by atoms with E-state index in [1.807, 2.05) is 54.6 Å². The molecular weight excluding hydrogens is 328 g/mol. The first-order chi connectivity index (χ1) is 12.8. The second-order valence-corrected chi connectivity index (χ2v) is 5.54. The first kappa shape index (κ1) is 15.6. The van der Waals surface area contributed by atoms with Crippen LogP contribution >= 0.6 is 0 Å². The van der Waals surface area contributed by atoms with Gasteiger partial charge in [0, 0.05) is 16.8 Å². The number of anilines is 1. The van der Waals surface area contributed by atoms with E-state index in [2.05, 4.69) is 30.7 Å². The monoisotopic (exact) mass is 342 g/mol. The molecule has 0 aliphatic rings. The van der Waals surface area contributed by atoms with Gasteiger partial charge in [-0.15, -0.1) is 0 Å². The van der Waals surface area contributed by atoms with Crippen LogP contribution in [0.4, 0.5) is 5.69 Å². The standard InChI is InChI=1S/C19H14N6O/c26-19(15-10-11-20-21-12-15)22-16-8-6-14(7-9-16)18-23-17(24-25-18)13-4-2-1-3-5-13/h1-12H,(H,22,26)(H,23,24,25). The van der Waals surface area contributed by atoms with E-state index in [0.717, 1.165) is 11.1 Å². The predicted molar refractivity (Wildman–Crippen MR) is 97.2 cm³/mol. The van der Waals surface area contributed by atoms with E-state index < -0.39 is 0 Å². The van der Waals surface area contributed by atoms with Crippen molar-refractivity contribution in [3.05, 3.63) is 78.6 Å². The molecule has 0 unspecified atom stereocenters. The maximum absolute atomic E-state index is 12.1. The van der Waals surface area contributed by atoms with E-state index in [9.17, 15) is 4.79 Å². The van der Waals surface area contributed by atoms with Crippen molar-refractivity contribution in [1.29, 1.82) is 0 Å². The molecule has 2 aromatic heterocycles. The Hall–Kier alpha value is -3.87. The number of H-pyrrole nitrogens is 1. The normalized spacial score (nSPS) is 10.5. The van der Waals surface area contributed by atoms with E-state index in [-0.39, 0.29) is 5.91 Å². The van der Waals surface area contributed by atoms with Gasteiger partial charge in [0.15, 0.2) is 11.6 Å². The lowest BCUT2D eigenvalue weighted by Gasteiger charge is -2.05. The Kier molecular flexibility index (Phi) is 4.17. The van der Waals surface area contributed by atoms with Crippen LogP contribution in [0.3, 0.4) is 0 Å². The molecule has 2 N–H and O–H groups in total. The van der Waals surface area contributed by atoms with Crippen molar-refractivity contribution in [2.75, 3.05) is 5.32 Å². The zero-order chi connectivity index (χ0) is 17.8. The molecule has 26 heavy (non-hydrogen) atoms. The van der Waals surface area contributed by atoms with Gasteiger partial charge in [-0.25, -0.2) is 4.98 Å². The zero-order valence-electron chi connectivity index (χ0n) is 13.6. The summed E-state index contributed by atoms with van der Waals surface area (Å²) in [5.41, 5.74) is 2.96. The minimum Gasteiger partial charge on any atom is -0.322 e. The smallest absolute Gasteiger partial charge is 0.257 e. The number of aromatic amines is 1. The molecule has 2 heterocycles. The molecule has 4 aromatic rings. The third kappa shape index (κ3) is 3.32. The first-order valence-corrected chi connectivity index (χ1v) is 7.96. The highest BCUT2D eigenvalue weighted by atomic mass is 16.1. The molecule has 0 fully saturated rings. The number of amides is 1. The summed E-state index contributed by atoms with van der Waals surface area (Å²) < 4.78 is 0. The number of nitrogens with zero attached hydrogens (tertiary/aromatic N) is 4. The topological polar surface area (TPSA) is 96.5 Å². The number of rotatable bonds is 4. The third-order valence-corrected chi connectivity index (χ3v) is 3.78. The molecular formula is C19H14N6O. The summed E-state index contributed by atoms with van der Waals surface area (Å²) >= 11 is 0. The Bertz CT molecular complexity index is 1010. The van der Waals surface area contributed by atoms with Crippen LogP contribution in [-0.2, 0) is 0 Å². The fourth-order valence-corrected chi connectivity index (χ4v) is 2.45. The largest absolute Gasteiger partial charge is 0.322 e. The van der Waals surface area contributed by atoms with Crippen molar-refractivity contribution in [2.45, 2.75) is 0 Å². The molecule has 7 heteroatoms. The van der Waals surface area contributed by atoms with E-state index >= 15 is 0 Å². The molecule has 2 aromatic carbocycles. The van der Waals surface area contributed by atoms with Crippen LogP contribution in [-0.4, -0.2) is 31.3 Å². The number of nitrogens with one attached hydrogen (secondary N) is 2. The van der Waals surface area contributed by atoms with Gasteiger partial charge in [-0.1, -0.05) is 30.3 Å². The molecule has 0 bridgehead atoms. The van der Waals surface area contributed by atoms with Crippen LogP contribution in [0.2, 0.25) is 0 Å². The van der Waals surface area contributed by atoms with Crippen LogP contribution in [0, 0.1) is 0 Å². The molecule has 0 atom stereocenters. The van der Waals surface area contributed by atoms with E-state index in [4.69, 9.17) is 0 Å². The second-order valence-electron chi connectivity index (χ2n) is 5.54. The van der Waals surface area contributed by atoms with Gasteiger partial charge in [0.2, 0.25) is 0 Å². The Balaban J connectivity index is 1.50. The summed E-state index contributed by atoms with van der Waals surface area (Å²) in [6, 6.07) is 18.7. The Labute approximate surface area is 149 Å². The van der Waals surface area contributed by atoms with Crippen LogP contribution < -0.4 is 5.32 Å². The van der Waals surface area contributed by atoms with Crippen LogP contribution in [0.5, 0.6) is 0 Å². The van der Waals surface area contributed by atoms with Crippen molar-refractivity contribution in [3.8, 4) is 22.8 Å². The lowest BCUT2D eigenvalue weighted by Crippen LogP contribution is -2.12. The van der Waals surface area contributed by atoms with E-state index in [0.29, 0.717) is 22.9 Å². The van der Waals surface area contributed by atoms with Crippen molar-refractivity contribution >= 4 is 11.6 Å². The summed E-state index contributed by atoms with van der Waals surface area (Å²) in [6.45, 7) is 0. The molecule has 0 radical (unpaired) electrons. The highest BCUT2D eigenvalue weighted by molar-refractivity contribution is 6.04. The van der Waals surface area contributed by atoms with Crippen LogP contribution in [0.15, 0.2) is 73.1 Å². The Morgan fingerprint density at radius 2 is 1.69 bits per heavy atom. The van der Waals surface area contributed by atoms with E-state index in [1.54, 1.807) is 6.07 Å². The third-order valence-electron chi connectivity index (χ3n) is 3.78. The van der Waals surface area contributed by atoms with Gasteiger partial charge in [-0.2, -0.15) is 15.3 Å². The van der Waals surface area contributed by atoms with Crippen molar-refractivity contribution < 1.29 is 4.79 Å². The summed E-state index contributed by atoms with van der Waals surface area (Å²) in [5.74, 6) is 1.07. The average molecular weight is 342 g/mol. The molecule has 0 spiro atoms. The average Bonchev–Trinajstić information content (AvgIpc) is 3.20. The van der Waals surface area contributed by atoms with E-state index in [1.165, 1.54) is 12.4 Å². The summed E-state index contributed by atoms with van der Waals surface area (Å²) in [6.07, 6.45) is 2.90. The number of hydrogen-bond acceptors (Lipinski definition) is 5. The summed E-state index contributed by atoms with van der Waals surface area (Å²) in [4.78, 5) is 16.6. The molecule has 0 aliphatic heterocycles. The van der Waals surface area contributed by atoms with Gasteiger partial charge in [-0.05, 0) is 30.3 Å². The fourth-order valence-electron chi connectivity index (χ4n) is 2.45. The highest BCUT2D eigenvalue weighted by Gasteiger charge is 2.09. The summed E-state index contributed by atoms with van der Waals surface area (Å²) in [5, 5.41) is 17.4. The number of hydrogen-bond donors (Lipinski definition) is 2. The zero-order valence-corrected chi connectivity index (χ0v) is 13.6. The fraction of sp³-hybridized carbons (Fsp3) is 0. The second kappa shape index (κ2) is 6.94. The molecule has 0 saturated carbocycles. The van der Waals surface area contributed by atoms with Crippen LogP contribution in [0.1, 0.15) is 10.4 Å². The first-order valence-electron chi connectivity index (χ1n) is 7.96. The van der Waals surface area contributed by atoms with Gasteiger partial charge in [0.05, 0.1) is 18.0 Å². The van der Waals surface area contributed by atoms with Crippen molar-refractivity contribution in [3.63, 3.8) is 0 Å². The molecule has 7 nitrogen and oxygen atoms in total. The molecule has 4 rings (SSSR count). The summed E-state index contributed by atoms with van der Waals surface area (Å²) in [7, 11) is 0. The van der Waals surface area contributed by atoms with Gasteiger partial charge >= 0.3 is 0 Å². The lowest BCUT2D eigenvalue weighted by molar-refractivity contribution is 0.102. The molecule has 1 amide bonds. The predicted octanol–water partition coefficient (Wildman–Crippen LogP) is 3.18. The SMILES string of the molecule is O=C(Nc1ccc(-c2nc(-c3ccccc3)n[nH]2)cc1)c1ccnnc1. The Morgan fingerprint density at radius 3 is 2.42 bits per heavy atom. The lowest BCUT2D eigenvalue weighted by atomic mass is 10.2. The number of aromatic nitrogens is 5. The molecule has 126 valence electrons. The minimum atomic E-state index is -0.237. The molecule has 0 aliphatic carbocycles. The minimum absolute atomic E-state index is 0.237. The highest BCUT2D eigenvalue weighted by Crippen LogP contribution is 2.21. The quantitative estimate of drug-likeness (QED) is 0.594. The maximum atomic E-state index is 12.1. The van der Waals surface area contributed by atoms with Gasteiger partial charge in [0.1, 0.15) is 0 Å². The van der Waals surface area contributed by atoms with Gasteiger partial charge < -0.3 is 5.32 Å². The maximum Gasteiger partial charge on any atom is 0.257 e. The van der Waals surface area contributed by atoms with Crippen molar-refractivity contribution in [1.82, 2.24) is 25.4 Å². The van der Waals surface area contributed by atoms with Gasteiger partial charge in [0.25, 0.3) is 5.91 Å². The Morgan fingerprint density at radius 1 is 0.885 bits per heavy atom. The van der Waals surface area contributed by atoms with Crippen molar-refractivity contribution in [2.24, 2.45) is 0 Å². The van der Waals surface area contributed by atoms with Gasteiger partial charge in [-0.3, -0.25) is 9.89 Å². The number of carbonyl (C=O) groups excluding carboxylic acids is 1. The number of carbonyl (C=O) groups is 1. The molecule has 0 saturated heterocycles. The van der Waals surface area contributed by atoms with Crippen LogP contribution in [0.25, 0.3) is 22.8 Å².